The number of fused-ring (bicyclic) bond motifs is 1. The zero-order valence-electron chi connectivity index (χ0n) is 11.7. The van der Waals surface area contributed by atoms with Gasteiger partial charge in [0.05, 0.1) is 7.11 Å². The van der Waals surface area contributed by atoms with Gasteiger partial charge in [-0.1, -0.05) is 24.3 Å². The van der Waals surface area contributed by atoms with Crippen LogP contribution in [0, 0.1) is 6.92 Å². The summed E-state index contributed by atoms with van der Waals surface area (Å²) in [5, 5.41) is 10.6. The molecule has 0 bridgehead atoms. The molecule has 1 aliphatic heterocycles. The molecule has 3 nitrogen and oxygen atoms in total. The van der Waals surface area contributed by atoms with Crippen LogP contribution < -0.4 is 9.47 Å². The first-order chi connectivity index (χ1) is 9.69. The standard InChI is InChI=1S/C17H18O3/c1-11-9-13(19-2)7-8-14(11)17(18)16-10-12-5-3-4-6-15(12)20-16/h3-9,16-18H,10H2,1-2H3. The first-order valence-electron chi connectivity index (χ1n) is 6.76. The van der Waals surface area contributed by atoms with Crippen LogP contribution >= 0.6 is 0 Å². The summed E-state index contributed by atoms with van der Waals surface area (Å²) >= 11 is 0. The van der Waals surface area contributed by atoms with Crippen LogP contribution in [-0.2, 0) is 6.42 Å². The third-order valence-electron chi connectivity index (χ3n) is 3.82. The van der Waals surface area contributed by atoms with Gasteiger partial charge in [0.15, 0.2) is 0 Å². The minimum absolute atomic E-state index is 0.223. The van der Waals surface area contributed by atoms with Crippen molar-refractivity contribution in [2.45, 2.75) is 25.6 Å². The van der Waals surface area contributed by atoms with Gasteiger partial charge in [0, 0.05) is 6.42 Å². The number of methoxy groups -OCH3 is 1. The number of para-hydroxylation sites is 1. The minimum atomic E-state index is -0.631. The number of hydrogen-bond acceptors (Lipinski definition) is 3. The molecular weight excluding hydrogens is 252 g/mol. The third kappa shape index (κ3) is 2.25. The van der Waals surface area contributed by atoms with Gasteiger partial charge in [-0.2, -0.15) is 0 Å². The van der Waals surface area contributed by atoms with Crippen LogP contribution in [0.25, 0.3) is 0 Å². The molecule has 2 atom stereocenters. The molecule has 0 fully saturated rings. The van der Waals surface area contributed by atoms with Crippen molar-refractivity contribution in [2.24, 2.45) is 0 Å². The number of hydrogen-bond donors (Lipinski definition) is 1. The predicted octanol–water partition coefficient (Wildman–Crippen LogP) is 3.04. The lowest BCUT2D eigenvalue weighted by Crippen LogP contribution is -2.23. The highest BCUT2D eigenvalue weighted by Crippen LogP contribution is 2.35. The Morgan fingerprint density at radius 2 is 2.05 bits per heavy atom. The number of ether oxygens (including phenoxy) is 2. The van der Waals surface area contributed by atoms with Crippen molar-refractivity contribution >= 4 is 0 Å². The zero-order valence-corrected chi connectivity index (χ0v) is 11.7. The van der Waals surface area contributed by atoms with E-state index >= 15 is 0 Å². The number of aliphatic hydroxyl groups is 1. The number of benzene rings is 2. The molecule has 0 spiro atoms. The van der Waals surface area contributed by atoms with E-state index in [0.717, 1.165) is 34.6 Å². The molecule has 1 aliphatic rings. The molecule has 104 valence electrons. The van der Waals surface area contributed by atoms with Crippen LogP contribution in [0.3, 0.4) is 0 Å². The molecule has 1 heterocycles. The normalized spacial score (nSPS) is 18.2. The minimum Gasteiger partial charge on any atom is -0.497 e. The second-order valence-corrected chi connectivity index (χ2v) is 5.14. The second-order valence-electron chi connectivity index (χ2n) is 5.14. The van der Waals surface area contributed by atoms with Crippen LogP contribution in [-0.4, -0.2) is 18.3 Å². The van der Waals surface area contributed by atoms with Crippen molar-refractivity contribution < 1.29 is 14.6 Å². The molecular formula is C17H18O3. The monoisotopic (exact) mass is 270 g/mol. The maximum Gasteiger partial charge on any atom is 0.133 e. The van der Waals surface area contributed by atoms with Gasteiger partial charge in [-0.15, -0.1) is 0 Å². The molecule has 0 saturated heterocycles. The molecule has 2 unspecified atom stereocenters. The van der Waals surface area contributed by atoms with E-state index in [0.29, 0.717) is 0 Å². The Labute approximate surface area is 118 Å². The molecule has 20 heavy (non-hydrogen) atoms. The maximum absolute atomic E-state index is 10.6. The Morgan fingerprint density at radius 1 is 1.25 bits per heavy atom. The topological polar surface area (TPSA) is 38.7 Å². The highest BCUT2D eigenvalue weighted by atomic mass is 16.5. The lowest BCUT2D eigenvalue weighted by molar-refractivity contribution is 0.0487. The highest BCUT2D eigenvalue weighted by molar-refractivity contribution is 5.40. The van der Waals surface area contributed by atoms with Crippen molar-refractivity contribution in [2.75, 3.05) is 7.11 Å². The summed E-state index contributed by atoms with van der Waals surface area (Å²) in [6.07, 6.45) is -0.115. The van der Waals surface area contributed by atoms with Crippen molar-refractivity contribution in [3.05, 3.63) is 59.2 Å². The number of rotatable bonds is 3. The molecule has 3 rings (SSSR count). The molecule has 0 aliphatic carbocycles. The highest BCUT2D eigenvalue weighted by Gasteiger charge is 2.30. The molecule has 0 aromatic heterocycles. The van der Waals surface area contributed by atoms with Gasteiger partial charge in [-0.3, -0.25) is 0 Å². The largest absolute Gasteiger partial charge is 0.497 e. The van der Waals surface area contributed by atoms with E-state index in [-0.39, 0.29) is 6.10 Å². The Morgan fingerprint density at radius 3 is 2.75 bits per heavy atom. The molecule has 0 amide bonds. The zero-order chi connectivity index (χ0) is 14.1. The second kappa shape index (κ2) is 5.17. The lowest BCUT2D eigenvalue weighted by atomic mass is 9.96. The van der Waals surface area contributed by atoms with Gasteiger partial charge < -0.3 is 14.6 Å². The van der Waals surface area contributed by atoms with Crippen LogP contribution in [0.5, 0.6) is 11.5 Å². The van der Waals surface area contributed by atoms with Crippen LogP contribution in [0.4, 0.5) is 0 Å². The summed E-state index contributed by atoms with van der Waals surface area (Å²) in [6, 6.07) is 13.6. The van der Waals surface area contributed by atoms with Gasteiger partial charge in [0.2, 0.25) is 0 Å². The van der Waals surface area contributed by atoms with Crippen molar-refractivity contribution in [3.8, 4) is 11.5 Å². The van der Waals surface area contributed by atoms with E-state index in [2.05, 4.69) is 0 Å². The first-order valence-corrected chi connectivity index (χ1v) is 6.76. The van der Waals surface area contributed by atoms with Gasteiger partial charge in [0.25, 0.3) is 0 Å². The van der Waals surface area contributed by atoms with Crippen LogP contribution in [0.2, 0.25) is 0 Å². The predicted molar refractivity (Wildman–Crippen MR) is 77.3 cm³/mol. The third-order valence-corrected chi connectivity index (χ3v) is 3.82. The molecule has 0 saturated carbocycles. The number of aryl methyl sites for hydroxylation is 1. The molecule has 1 N–H and O–H groups in total. The van der Waals surface area contributed by atoms with Crippen molar-refractivity contribution in [3.63, 3.8) is 0 Å². The summed E-state index contributed by atoms with van der Waals surface area (Å²) in [5.74, 6) is 1.68. The van der Waals surface area contributed by atoms with E-state index < -0.39 is 6.10 Å². The van der Waals surface area contributed by atoms with E-state index in [1.54, 1.807) is 7.11 Å². The molecule has 0 radical (unpaired) electrons. The average molecular weight is 270 g/mol. The van der Waals surface area contributed by atoms with Crippen LogP contribution in [0.15, 0.2) is 42.5 Å². The fraction of sp³-hybridized carbons (Fsp3) is 0.294. The average Bonchev–Trinajstić information content (AvgIpc) is 2.90. The molecule has 3 heteroatoms. The Balaban J connectivity index is 1.82. The quantitative estimate of drug-likeness (QED) is 0.931. The van der Waals surface area contributed by atoms with Gasteiger partial charge in [-0.25, -0.2) is 0 Å². The summed E-state index contributed by atoms with van der Waals surface area (Å²) in [4.78, 5) is 0. The Kier molecular flexibility index (Phi) is 3.36. The fourth-order valence-electron chi connectivity index (χ4n) is 2.69. The van der Waals surface area contributed by atoms with Gasteiger partial charge in [0.1, 0.15) is 23.7 Å². The van der Waals surface area contributed by atoms with E-state index in [1.165, 1.54) is 0 Å². The summed E-state index contributed by atoms with van der Waals surface area (Å²) < 4.78 is 11.0. The summed E-state index contributed by atoms with van der Waals surface area (Å²) in [5.41, 5.74) is 3.06. The maximum atomic E-state index is 10.6. The van der Waals surface area contributed by atoms with Crippen LogP contribution in [0.1, 0.15) is 22.8 Å². The van der Waals surface area contributed by atoms with E-state index in [9.17, 15) is 5.11 Å². The summed E-state index contributed by atoms with van der Waals surface area (Å²) in [6.45, 7) is 1.98. The number of aliphatic hydroxyl groups excluding tert-OH is 1. The molecule has 2 aromatic rings. The Hall–Kier alpha value is -2.00. The molecule has 2 aromatic carbocycles. The van der Waals surface area contributed by atoms with E-state index in [1.807, 2.05) is 49.4 Å². The smallest absolute Gasteiger partial charge is 0.133 e. The SMILES string of the molecule is COc1ccc(C(O)C2Cc3ccccc3O2)c(C)c1. The van der Waals surface area contributed by atoms with Gasteiger partial charge >= 0.3 is 0 Å². The van der Waals surface area contributed by atoms with Gasteiger partial charge in [-0.05, 0) is 41.8 Å². The summed E-state index contributed by atoms with van der Waals surface area (Å²) in [7, 11) is 1.64. The first kappa shape index (κ1) is 13.0. The van der Waals surface area contributed by atoms with Crippen molar-refractivity contribution in [1.82, 2.24) is 0 Å². The fourth-order valence-corrected chi connectivity index (χ4v) is 2.69. The Bertz CT molecular complexity index is 596. The van der Waals surface area contributed by atoms with E-state index in [4.69, 9.17) is 9.47 Å². The van der Waals surface area contributed by atoms with Crippen molar-refractivity contribution in [1.29, 1.82) is 0 Å². The lowest BCUT2D eigenvalue weighted by Gasteiger charge is -2.20.